The SMILES string of the molecule is COc1cc(NC(=O)c2ccc([N+](=O)[O-])cc2)ccc1NC(=O)c1ccco1. The molecule has 9 nitrogen and oxygen atoms in total. The molecule has 3 rings (SSSR count). The molecule has 2 amide bonds. The monoisotopic (exact) mass is 381 g/mol. The topological polar surface area (TPSA) is 124 Å². The van der Waals surface area contributed by atoms with Crippen LogP contribution in [-0.2, 0) is 0 Å². The molecule has 3 aromatic rings. The van der Waals surface area contributed by atoms with Crippen LogP contribution < -0.4 is 15.4 Å². The second-order valence-electron chi connectivity index (χ2n) is 5.60. The van der Waals surface area contributed by atoms with Crippen LogP contribution in [0, 0.1) is 10.1 Å². The molecule has 0 saturated heterocycles. The standard InChI is InChI=1S/C19H15N3O6/c1-27-17-11-13(6-9-15(17)21-19(24)16-3-2-10-28-16)20-18(23)12-4-7-14(8-5-12)22(25)26/h2-11H,1H3,(H,20,23)(H,21,24). The van der Waals surface area contributed by atoms with Crippen LogP contribution in [0.5, 0.6) is 5.75 Å². The van der Waals surface area contributed by atoms with Crippen molar-refractivity contribution in [3.05, 3.63) is 82.3 Å². The number of carbonyl (C=O) groups is 2. The van der Waals surface area contributed by atoms with E-state index in [1.807, 2.05) is 0 Å². The van der Waals surface area contributed by atoms with Crippen LogP contribution in [0.15, 0.2) is 65.3 Å². The number of furan rings is 1. The average Bonchev–Trinajstić information content (AvgIpc) is 3.24. The maximum atomic E-state index is 12.3. The largest absolute Gasteiger partial charge is 0.494 e. The van der Waals surface area contributed by atoms with Gasteiger partial charge in [-0.3, -0.25) is 19.7 Å². The van der Waals surface area contributed by atoms with E-state index in [0.717, 1.165) is 0 Å². The van der Waals surface area contributed by atoms with Gasteiger partial charge in [0, 0.05) is 29.4 Å². The number of nitro benzene ring substituents is 1. The molecule has 2 N–H and O–H groups in total. The van der Waals surface area contributed by atoms with Gasteiger partial charge in [-0.2, -0.15) is 0 Å². The molecule has 0 atom stereocenters. The number of rotatable bonds is 6. The zero-order chi connectivity index (χ0) is 20.1. The quantitative estimate of drug-likeness (QED) is 0.496. The van der Waals surface area contributed by atoms with Crippen molar-refractivity contribution in [2.75, 3.05) is 17.7 Å². The van der Waals surface area contributed by atoms with Crippen LogP contribution in [0.25, 0.3) is 0 Å². The Labute approximate surface area is 159 Å². The van der Waals surface area contributed by atoms with E-state index in [-0.39, 0.29) is 17.0 Å². The number of anilines is 2. The Kier molecular flexibility index (Phi) is 5.35. The minimum Gasteiger partial charge on any atom is -0.494 e. The Morgan fingerprint density at radius 1 is 1.04 bits per heavy atom. The highest BCUT2D eigenvalue weighted by Gasteiger charge is 2.14. The first-order valence-electron chi connectivity index (χ1n) is 8.06. The summed E-state index contributed by atoms with van der Waals surface area (Å²) in [5.74, 6) is -0.394. The van der Waals surface area contributed by atoms with E-state index in [1.54, 1.807) is 24.3 Å². The highest BCUT2D eigenvalue weighted by Crippen LogP contribution is 2.29. The summed E-state index contributed by atoms with van der Waals surface area (Å²) in [6.45, 7) is 0. The Morgan fingerprint density at radius 3 is 2.39 bits per heavy atom. The van der Waals surface area contributed by atoms with Gasteiger partial charge >= 0.3 is 0 Å². The van der Waals surface area contributed by atoms with Gasteiger partial charge in [-0.25, -0.2) is 0 Å². The van der Waals surface area contributed by atoms with Gasteiger partial charge in [0.05, 0.1) is 24.0 Å². The maximum absolute atomic E-state index is 12.3. The van der Waals surface area contributed by atoms with E-state index in [4.69, 9.17) is 9.15 Å². The maximum Gasteiger partial charge on any atom is 0.291 e. The molecule has 142 valence electrons. The van der Waals surface area contributed by atoms with Gasteiger partial charge in [-0.1, -0.05) is 0 Å². The molecule has 0 aliphatic rings. The second kappa shape index (κ2) is 8.04. The summed E-state index contributed by atoms with van der Waals surface area (Å²) in [6.07, 6.45) is 1.39. The van der Waals surface area contributed by atoms with Crippen molar-refractivity contribution in [2.24, 2.45) is 0 Å². The van der Waals surface area contributed by atoms with Crippen molar-refractivity contribution in [1.82, 2.24) is 0 Å². The fraction of sp³-hybridized carbons (Fsp3) is 0.0526. The van der Waals surface area contributed by atoms with Gasteiger partial charge in [-0.05, 0) is 36.4 Å². The highest BCUT2D eigenvalue weighted by molar-refractivity contribution is 6.05. The molecule has 0 bridgehead atoms. The first kappa shape index (κ1) is 18.6. The lowest BCUT2D eigenvalue weighted by molar-refractivity contribution is -0.384. The van der Waals surface area contributed by atoms with E-state index in [1.165, 1.54) is 43.7 Å². The van der Waals surface area contributed by atoms with Gasteiger partial charge in [0.15, 0.2) is 5.76 Å². The van der Waals surface area contributed by atoms with Gasteiger partial charge in [-0.15, -0.1) is 0 Å². The number of amides is 2. The number of benzene rings is 2. The van der Waals surface area contributed by atoms with E-state index in [2.05, 4.69) is 10.6 Å². The van der Waals surface area contributed by atoms with Gasteiger partial charge in [0.1, 0.15) is 5.75 Å². The number of ether oxygens (including phenoxy) is 1. The number of non-ortho nitro benzene ring substituents is 1. The van der Waals surface area contributed by atoms with Crippen molar-refractivity contribution in [1.29, 1.82) is 0 Å². The van der Waals surface area contributed by atoms with Crippen LogP contribution in [0.2, 0.25) is 0 Å². The Bertz CT molecular complexity index is 1010. The minimum absolute atomic E-state index is 0.102. The number of carbonyl (C=O) groups excluding carboxylic acids is 2. The van der Waals surface area contributed by atoms with E-state index in [0.29, 0.717) is 17.1 Å². The summed E-state index contributed by atoms with van der Waals surface area (Å²) in [4.78, 5) is 34.5. The Morgan fingerprint density at radius 2 is 1.79 bits per heavy atom. The van der Waals surface area contributed by atoms with E-state index >= 15 is 0 Å². The summed E-state index contributed by atoms with van der Waals surface area (Å²) < 4.78 is 10.3. The third-order valence-corrected chi connectivity index (χ3v) is 3.79. The lowest BCUT2D eigenvalue weighted by atomic mass is 10.2. The van der Waals surface area contributed by atoms with Crippen LogP contribution in [0.3, 0.4) is 0 Å². The molecule has 0 fully saturated rings. The first-order chi connectivity index (χ1) is 13.5. The van der Waals surface area contributed by atoms with Gasteiger partial charge in [0.25, 0.3) is 17.5 Å². The predicted octanol–water partition coefficient (Wildman–Crippen LogP) is 3.70. The second-order valence-corrected chi connectivity index (χ2v) is 5.60. The molecular formula is C19H15N3O6. The number of nitrogens with zero attached hydrogens (tertiary/aromatic N) is 1. The summed E-state index contributed by atoms with van der Waals surface area (Å²) in [6, 6.07) is 13.1. The fourth-order valence-electron chi connectivity index (χ4n) is 2.40. The van der Waals surface area contributed by atoms with Crippen LogP contribution >= 0.6 is 0 Å². The number of methoxy groups -OCH3 is 1. The molecule has 28 heavy (non-hydrogen) atoms. The van der Waals surface area contributed by atoms with E-state index < -0.39 is 16.7 Å². The number of nitro groups is 1. The number of hydrogen-bond donors (Lipinski definition) is 2. The lowest BCUT2D eigenvalue weighted by Gasteiger charge is -2.12. The Balaban J connectivity index is 1.73. The average molecular weight is 381 g/mol. The smallest absolute Gasteiger partial charge is 0.291 e. The van der Waals surface area contributed by atoms with Crippen LogP contribution in [-0.4, -0.2) is 23.8 Å². The number of hydrogen-bond acceptors (Lipinski definition) is 6. The molecule has 2 aromatic carbocycles. The molecule has 1 aromatic heterocycles. The van der Waals surface area contributed by atoms with Crippen LogP contribution in [0.1, 0.15) is 20.9 Å². The van der Waals surface area contributed by atoms with Crippen molar-refractivity contribution in [3.8, 4) is 5.75 Å². The molecule has 0 spiro atoms. The molecule has 0 aliphatic carbocycles. The summed E-state index contributed by atoms with van der Waals surface area (Å²) >= 11 is 0. The zero-order valence-corrected chi connectivity index (χ0v) is 14.7. The highest BCUT2D eigenvalue weighted by atomic mass is 16.6. The molecule has 0 saturated carbocycles. The zero-order valence-electron chi connectivity index (χ0n) is 14.7. The normalized spacial score (nSPS) is 10.2. The third kappa shape index (κ3) is 4.15. The minimum atomic E-state index is -0.539. The molecule has 9 heteroatoms. The predicted molar refractivity (Wildman–Crippen MR) is 101 cm³/mol. The van der Waals surface area contributed by atoms with Crippen molar-refractivity contribution in [3.63, 3.8) is 0 Å². The third-order valence-electron chi connectivity index (χ3n) is 3.79. The molecule has 0 radical (unpaired) electrons. The Hall–Kier alpha value is -4.14. The first-order valence-corrected chi connectivity index (χ1v) is 8.06. The van der Waals surface area contributed by atoms with Gasteiger partial charge in [0.2, 0.25) is 0 Å². The van der Waals surface area contributed by atoms with Crippen molar-refractivity contribution < 1.29 is 23.7 Å². The van der Waals surface area contributed by atoms with Crippen molar-refractivity contribution in [2.45, 2.75) is 0 Å². The molecule has 0 aliphatic heterocycles. The lowest BCUT2D eigenvalue weighted by Crippen LogP contribution is -2.13. The van der Waals surface area contributed by atoms with Gasteiger partial charge < -0.3 is 19.8 Å². The molecule has 0 unspecified atom stereocenters. The number of nitrogens with one attached hydrogen (secondary N) is 2. The van der Waals surface area contributed by atoms with Crippen molar-refractivity contribution >= 4 is 28.9 Å². The van der Waals surface area contributed by atoms with E-state index in [9.17, 15) is 19.7 Å². The summed E-state index contributed by atoms with van der Waals surface area (Å²) in [7, 11) is 1.43. The summed E-state index contributed by atoms with van der Waals surface area (Å²) in [5.41, 5.74) is 0.989. The summed E-state index contributed by atoms with van der Waals surface area (Å²) in [5, 5.41) is 16.0. The van der Waals surface area contributed by atoms with Crippen LogP contribution in [0.4, 0.5) is 17.1 Å². The fourth-order valence-corrected chi connectivity index (χ4v) is 2.40. The molecular weight excluding hydrogens is 366 g/mol. The molecule has 1 heterocycles.